The highest BCUT2D eigenvalue weighted by Crippen LogP contribution is 2.35. The minimum absolute atomic E-state index is 0.0422. The van der Waals surface area contributed by atoms with Gasteiger partial charge < -0.3 is 47.7 Å². The number of likely N-dealkylation sites (N-methyl/N-ethyl adjacent to an activating group) is 1. The molecule has 0 saturated carbocycles. The number of unbranched alkanes of at least 4 members (excludes halogenated alkanes) is 10. The number of nitrogens with zero attached hydrogens (tertiary/aromatic N) is 6. The number of para-hydroxylation sites is 1. The van der Waals surface area contributed by atoms with Crippen LogP contribution in [-0.2, 0) is 71.6 Å². The molecule has 666 valence electrons. The first-order valence-electron chi connectivity index (χ1n) is 43.4. The maximum Gasteiger partial charge on any atom is 0.350 e. The molecule has 1 fully saturated rings. The van der Waals surface area contributed by atoms with Crippen LogP contribution in [-0.4, -0.2) is 141 Å². The van der Waals surface area contributed by atoms with Crippen molar-refractivity contribution in [2.45, 2.75) is 222 Å². The van der Waals surface area contributed by atoms with Crippen molar-refractivity contribution in [1.82, 2.24) is 19.3 Å². The Morgan fingerprint density at radius 2 is 1.02 bits per heavy atom. The zero-order valence-electron chi connectivity index (χ0n) is 76.6. The molecule has 1 aliphatic heterocycles. The maximum atomic E-state index is 13.0. The van der Waals surface area contributed by atoms with Gasteiger partial charge in [-0.05, 0) is 196 Å². The average molecular weight is 1710 g/mol. The number of Topliss-reactive ketones (excluding diaryl/α,β-unsaturated/α-hetero) is 2. The third-order valence-corrected chi connectivity index (χ3v) is 21.9. The van der Waals surface area contributed by atoms with E-state index in [9.17, 15) is 37.2 Å². The van der Waals surface area contributed by atoms with Gasteiger partial charge in [0.2, 0.25) is 9.84 Å². The molecule has 0 unspecified atom stereocenters. The first-order valence-corrected chi connectivity index (χ1v) is 44.9. The van der Waals surface area contributed by atoms with Gasteiger partial charge in [-0.15, -0.1) is 0 Å². The first-order chi connectivity index (χ1) is 59.3. The summed E-state index contributed by atoms with van der Waals surface area (Å²) in [5.74, 6) is -1.48. The van der Waals surface area contributed by atoms with E-state index in [-0.39, 0.29) is 74.7 Å². The molecule has 0 atom stereocenters. The summed E-state index contributed by atoms with van der Waals surface area (Å²) in [7, 11) is 1.52. The number of methoxy groups -OCH3 is 1. The number of nitriles is 2. The molecule has 0 radical (unpaired) electrons. The lowest BCUT2D eigenvalue weighted by atomic mass is 9.86. The summed E-state index contributed by atoms with van der Waals surface area (Å²) < 4.78 is 59.8. The highest BCUT2D eigenvalue weighted by molar-refractivity contribution is 7.96. The van der Waals surface area contributed by atoms with Crippen LogP contribution >= 0.6 is 0 Å². The Hall–Kier alpha value is -11.8. The third-order valence-electron chi connectivity index (χ3n) is 20.1. The molecule has 0 spiro atoms. The van der Waals surface area contributed by atoms with E-state index in [0.717, 1.165) is 97.1 Å². The molecule has 2 heterocycles. The van der Waals surface area contributed by atoms with Gasteiger partial charge in [0.05, 0.1) is 55.1 Å². The van der Waals surface area contributed by atoms with Gasteiger partial charge in [-0.2, -0.15) is 10.5 Å². The predicted molar refractivity (Wildman–Crippen MR) is 498 cm³/mol. The van der Waals surface area contributed by atoms with Crippen LogP contribution in [0.25, 0.3) is 28.2 Å². The number of sulfone groups is 1. The number of ether oxygens (including phenoxy) is 6. The standard InChI is InChI=1S/C24H37NO2.C23H35NO4S.C20H22O3.C19H13N3.C17H27NO5/c1-4-7-8-9-10-14-20-27-24(26)23(18-15-19-25(5-2)6-3)21-22-16-12-11-13-17-22;1-4-7-8-9-10-14-20-28-23(25)22(18-15-19-24(5-2)6-3)29(26,27)21-16-12-11-13-17-21;1-20(2,3)16-9-5-14(6-10-16)18(21)13-19(22)15-7-11-17(23-4)12-8-15;1-22-18-10-6-5-9-16(18)17(11-14(12-20)13-21)19(22)15-7-3-2-4-8-15;1-11(2)22-15(19)13(16(20)23-12(3)4)8-9-14-18(7)17(5,6)10-21-14/h11-13,15-19H,4-10,14,20-21H2,1-3H3;11-13,15-19H,4-10,14,20H2,1-3H3;5-12H,13H2,1-4H3;2-11H,1H3;8-9,11-12H,10H2,1-7H3/b19-15+,23-18+;19-15+,22-18-;;;14-9-. The van der Waals surface area contributed by atoms with E-state index >= 15 is 0 Å². The van der Waals surface area contributed by atoms with Crippen molar-refractivity contribution in [1.29, 1.82) is 10.5 Å². The van der Waals surface area contributed by atoms with E-state index in [0.29, 0.717) is 48.0 Å². The molecule has 8 rings (SSSR count). The Morgan fingerprint density at radius 1 is 0.565 bits per heavy atom. The summed E-state index contributed by atoms with van der Waals surface area (Å²) in [6.45, 7) is 34.7. The van der Waals surface area contributed by atoms with Gasteiger partial charge in [0.15, 0.2) is 22.4 Å². The number of carbonyl (C=O) groups excluding carboxylic acids is 6. The number of hydrogen-bond donors (Lipinski definition) is 0. The molecule has 21 heteroatoms. The Bertz CT molecular complexity index is 4850. The van der Waals surface area contributed by atoms with Crippen LogP contribution in [0.15, 0.2) is 245 Å². The van der Waals surface area contributed by atoms with E-state index in [1.165, 1.54) is 69.2 Å². The second-order valence-corrected chi connectivity index (χ2v) is 33.8. The number of fused-ring (bicyclic) bond motifs is 1. The number of aromatic nitrogens is 1. The van der Waals surface area contributed by atoms with Crippen molar-refractivity contribution >= 4 is 62.3 Å². The van der Waals surface area contributed by atoms with Crippen LogP contribution in [0.5, 0.6) is 5.75 Å². The zero-order valence-corrected chi connectivity index (χ0v) is 77.4. The third kappa shape index (κ3) is 36.3. The molecule has 1 aliphatic rings. The Morgan fingerprint density at radius 3 is 1.49 bits per heavy atom. The zero-order chi connectivity index (χ0) is 91.6. The molecule has 0 N–H and O–H groups in total. The highest BCUT2D eigenvalue weighted by Gasteiger charge is 2.34. The van der Waals surface area contributed by atoms with E-state index in [1.807, 2.05) is 179 Å². The van der Waals surface area contributed by atoms with Gasteiger partial charge in [0.25, 0.3) is 0 Å². The van der Waals surface area contributed by atoms with Crippen molar-refractivity contribution in [3.63, 3.8) is 0 Å². The topological polar surface area (TPSA) is 254 Å². The van der Waals surface area contributed by atoms with Gasteiger partial charge in [-0.1, -0.05) is 226 Å². The summed E-state index contributed by atoms with van der Waals surface area (Å²) in [4.78, 5) is 79.7. The number of aryl methyl sites for hydroxylation is 1. The summed E-state index contributed by atoms with van der Waals surface area (Å²) in [6.07, 6.45) is 28.6. The molecular formula is C103H134N6O14S. The van der Waals surface area contributed by atoms with Crippen molar-refractivity contribution in [3.8, 4) is 29.1 Å². The van der Waals surface area contributed by atoms with E-state index in [2.05, 4.69) is 57.9 Å². The number of ketones is 2. The van der Waals surface area contributed by atoms with Gasteiger partial charge in [-0.3, -0.25) is 9.59 Å². The van der Waals surface area contributed by atoms with Crippen molar-refractivity contribution in [3.05, 3.63) is 268 Å². The summed E-state index contributed by atoms with van der Waals surface area (Å²) >= 11 is 0. The Kier molecular flexibility index (Phi) is 47.3. The van der Waals surface area contributed by atoms with Crippen LogP contribution in [0.1, 0.15) is 225 Å². The van der Waals surface area contributed by atoms with E-state index in [4.69, 9.17) is 38.9 Å². The number of esters is 4. The summed E-state index contributed by atoms with van der Waals surface area (Å²) in [5.41, 5.74) is 7.97. The summed E-state index contributed by atoms with van der Waals surface area (Å²) in [5, 5.41) is 19.2. The minimum atomic E-state index is -3.95. The number of allylic oxidation sites excluding steroid dienone is 7. The second-order valence-electron chi connectivity index (χ2n) is 31.9. The van der Waals surface area contributed by atoms with Crippen molar-refractivity contribution in [2.75, 3.05) is 60.2 Å². The van der Waals surface area contributed by atoms with Gasteiger partial charge >= 0.3 is 23.9 Å². The SMILES string of the molecule is CC(C)OC(=O)C(=C/C=C1\OCC(C)(C)N1C)C(=O)OC(C)C.CCCCCCCCOC(=O)/C(=C/C=C/N(CC)CC)Cc1ccccc1.CCCCCCCCOC(=O)/C(=C/C=C/N(CC)CC)S(=O)(=O)c1ccccc1.COc1ccc(C(=O)CC(=O)c2ccc(C(C)(C)C)cc2)cc1.Cn1c(-c2ccccc2)c(C=C(C#N)C#N)c2ccccc21. The number of hydrogen-bond acceptors (Lipinski definition) is 19. The van der Waals surface area contributed by atoms with Crippen molar-refractivity contribution < 1.29 is 65.6 Å². The highest BCUT2D eigenvalue weighted by atomic mass is 32.2. The van der Waals surface area contributed by atoms with Crippen LogP contribution in [0.2, 0.25) is 0 Å². The second kappa shape index (κ2) is 56.1. The Labute approximate surface area is 739 Å². The lowest BCUT2D eigenvalue weighted by molar-refractivity contribution is -0.151. The molecule has 124 heavy (non-hydrogen) atoms. The van der Waals surface area contributed by atoms with E-state index < -0.39 is 27.7 Å². The molecule has 0 aliphatic carbocycles. The largest absolute Gasteiger partial charge is 0.497 e. The minimum Gasteiger partial charge on any atom is -0.497 e. The molecule has 0 amide bonds. The van der Waals surface area contributed by atoms with Crippen LogP contribution in [0.4, 0.5) is 0 Å². The van der Waals surface area contributed by atoms with Gasteiger partial charge in [0.1, 0.15) is 35.6 Å². The van der Waals surface area contributed by atoms with Crippen molar-refractivity contribution in [2.24, 2.45) is 7.05 Å². The molecule has 20 nitrogen and oxygen atoms in total. The fraction of sp³-hybridized carbons (Fsp3) is 0.417. The van der Waals surface area contributed by atoms with Crippen LogP contribution in [0.3, 0.4) is 0 Å². The molecule has 7 aromatic rings. The van der Waals surface area contributed by atoms with Gasteiger partial charge in [0, 0.05) is 79.9 Å². The lowest BCUT2D eigenvalue weighted by Gasteiger charge is -2.25. The molecule has 6 aromatic carbocycles. The normalized spacial score (nSPS) is 12.6. The maximum absolute atomic E-state index is 13.0. The van der Waals surface area contributed by atoms with Crippen LogP contribution < -0.4 is 4.74 Å². The lowest BCUT2D eigenvalue weighted by Crippen LogP contribution is -2.36. The molecular weight excluding hydrogens is 1580 g/mol. The molecule has 1 aromatic heterocycles. The molecule has 0 bridgehead atoms. The first kappa shape index (κ1) is 105. The average Bonchev–Trinajstić information content (AvgIpc) is 1.61. The fourth-order valence-electron chi connectivity index (χ4n) is 12.5. The monoisotopic (exact) mass is 1710 g/mol. The quantitative estimate of drug-likeness (QED) is 0.00398. The molecule has 1 saturated heterocycles. The smallest absolute Gasteiger partial charge is 0.350 e. The number of benzene rings is 6. The Balaban J connectivity index is 0.000000326. The van der Waals surface area contributed by atoms with Gasteiger partial charge in [-0.25, -0.2) is 27.6 Å². The number of rotatable bonds is 40. The number of carbonyl (C=O) groups is 6. The summed E-state index contributed by atoms with van der Waals surface area (Å²) in [6, 6.07) is 54.2. The predicted octanol–water partition coefficient (Wildman–Crippen LogP) is 22.1. The van der Waals surface area contributed by atoms with Crippen LogP contribution in [0, 0.1) is 22.7 Å². The fourth-order valence-corrected chi connectivity index (χ4v) is 13.8. The van der Waals surface area contributed by atoms with E-state index in [1.54, 1.807) is 114 Å².